The molecule has 0 radical (unpaired) electrons. The number of terminal acetylenes is 1. The lowest BCUT2D eigenvalue weighted by molar-refractivity contribution is 0.958. The molecule has 1 heterocycles. The van der Waals surface area contributed by atoms with Crippen LogP contribution >= 0.6 is 0 Å². The van der Waals surface area contributed by atoms with Crippen LogP contribution in [0.5, 0.6) is 0 Å². The Morgan fingerprint density at radius 2 is 2.18 bits per heavy atom. The molecular formula is C9H10N2. The fraction of sp³-hybridized carbons (Fsp3) is 0.333. The van der Waals surface area contributed by atoms with E-state index < -0.39 is 0 Å². The van der Waals surface area contributed by atoms with Crippen molar-refractivity contribution < 1.29 is 0 Å². The molecule has 0 aromatic carbocycles. The number of hydrogen-bond acceptors (Lipinski definition) is 2. The summed E-state index contributed by atoms with van der Waals surface area (Å²) in [5, 5.41) is 0. The predicted molar refractivity (Wildman–Crippen MR) is 44.0 cm³/mol. The third-order valence-corrected chi connectivity index (χ3v) is 1.30. The van der Waals surface area contributed by atoms with Crippen molar-refractivity contribution in [2.45, 2.75) is 20.3 Å². The van der Waals surface area contributed by atoms with E-state index in [-0.39, 0.29) is 0 Å². The maximum atomic E-state index is 5.15. The molecule has 0 amide bonds. The van der Waals surface area contributed by atoms with Gasteiger partial charge in [-0.2, -0.15) is 0 Å². The zero-order chi connectivity index (χ0) is 8.27. The van der Waals surface area contributed by atoms with Gasteiger partial charge in [-0.05, 0) is 19.9 Å². The van der Waals surface area contributed by atoms with Gasteiger partial charge in [-0.15, -0.1) is 12.3 Å². The molecule has 0 aliphatic heterocycles. The number of aryl methyl sites for hydroxylation is 2. The Morgan fingerprint density at radius 3 is 2.73 bits per heavy atom. The molecule has 1 aromatic heterocycles. The number of rotatable bonds is 1. The normalized spacial score (nSPS) is 9.18. The quantitative estimate of drug-likeness (QED) is 0.557. The Morgan fingerprint density at radius 1 is 1.45 bits per heavy atom. The lowest BCUT2D eigenvalue weighted by Gasteiger charge is -1.98. The minimum atomic E-state index is 0.588. The van der Waals surface area contributed by atoms with Gasteiger partial charge in [0.25, 0.3) is 0 Å². The van der Waals surface area contributed by atoms with Crippen LogP contribution in [0.15, 0.2) is 6.07 Å². The molecule has 1 aromatic rings. The Hall–Kier alpha value is -1.36. The molecule has 0 saturated carbocycles. The van der Waals surface area contributed by atoms with Crippen LogP contribution in [0.4, 0.5) is 0 Å². The van der Waals surface area contributed by atoms with Crippen LogP contribution in [0, 0.1) is 26.2 Å². The summed E-state index contributed by atoms with van der Waals surface area (Å²) >= 11 is 0. The molecule has 56 valence electrons. The summed E-state index contributed by atoms with van der Waals surface area (Å²) in [5.74, 6) is 3.34. The summed E-state index contributed by atoms with van der Waals surface area (Å²) in [6.07, 6.45) is 5.74. The Kier molecular flexibility index (Phi) is 2.22. The topological polar surface area (TPSA) is 25.8 Å². The molecule has 2 nitrogen and oxygen atoms in total. The fourth-order valence-corrected chi connectivity index (χ4v) is 0.989. The van der Waals surface area contributed by atoms with Crippen molar-refractivity contribution in [2.24, 2.45) is 0 Å². The second-order valence-electron chi connectivity index (χ2n) is 2.43. The molecule has 0 aliphatic carbocycles. The average Bonchev–Trinajstić information content (AvgIpc) is 1.85. The molecule has 0 N–H and O–H groups in total. The highest BCUT2D eigenvalue weighted by atomic mass is 14.9. The largest absolute Gasteiger partial charge is 0.239 e. The third kappa shape index (κ3) is 2.05. The first-order valence-electron chi connectivity index (χ1n) is 3.47. The summed E-state index contributed by atoms with van der Waals surface area (Å²) in [6.45, 7) is 3.81. The summed E-state index contributed by atoms with van der Waals surface area (Å²) in [7, 11) is 0. The van der Waals surface area contributed by atoms with Crippen LogP contribution in [0.25, 0.3) is 0 Å². The Labute approximate surface area is 66.7 Å². The average molecular weight is 146 g/mol. The lowest BCUT2D eigenvalue weighted by Crippen LogP contribution is -1.96. The van der Waals surface area contributed by atoms with Crippen molar-refractivity contribution in [1.29, 1.82) is 0 Å². The van der Waals surface area contributed by atoms with Crippen molar-refractivity contribution in [1.82, 2.24) is 9.97 Å². The predicted octanol–water partition coefficient (Wildman–Crippen LogP) is 1.27. The molecule has 1 rings (SSSR count). The maximum absolute atomic E-state index is 5.15. The first-order valence-corrected chi connectivity index (χ1v) is 3.47. The molecule has 0 saturated heterocycles. The van der Waals surface area contributed by atoms with Gasteiger partial charge in [-0.25, -0.2) is 9.97 Å². The van der Waals surface area contributed by atoms with E-state index in [9.17, 15) is 0 Å². The number of nitrogens with zero attached hydrogens (tertiary/aromatic N) is 2. The van der Waals surface area contributed by atoms with Crippen LogP contribution in [-0.4, -0.2) is 9.97 Å². The molecule has 0 unspecified atom stereocenters. The molecule has 0 fully saturated rings. The maximum Gasteiger partial charge on any atom is 0.125 e. The van der Waals surface area contributed by atoms with E-state index in [0.29, 0.717) is 6.42 Å². The van der Waals surface area contributed by atoms with Crippen molar-refractivity contribution in [3.63, 3.8) is 0 Å². The van der Waals surface area contributed by atoms with Gasteiger partial charge in [0.1, 0.15) is 5.82 Å². The van der Waals surface area contributed by atoms with E-state index >= 15 is 0 Å². The van der Waals surface area contributed by atoms with E-state index in [1.807, 2.05) is 19.9 Å². The summed E-state index contributed by atoms with van der Waals surface area (Å²) in [6, 6.07) is 1.91. The summed E-state index contributed by atoms with van der Waals surface area (Å²) in [4.78, 5) is 8.31. The molecule has 2 heteroatoms. The third-order valence-electron chi connectivity index (χ3n) is 1.30. The van der Waals surface area contributed by atoms with Crippen molar-refractivity contribution in [2.75, 3.05) is 0 Å². The van der Waals surface area contributed by atoms with Gasteiger partial charge in [0, 0.05) is 5.69 Å². The molecule has 0 spiro atoms. The minimum Gasteiger partial charge on any atom is -0.239 e. The van der Waals surface area contributed by atoms with E-state index in [1.165, 1.54) is 0 Å². The zero-order valence-corrected chi connectivity index (χ0v) is 6.76. The highest BCUT2D eigenvalue weighted by Crippen LogP contribution is 1.99. The van der Waals surface area contributed by atoms with E-state index in [2.05, 4.69) is 15.9 Å². The fourth-order valence-electron chi connectivity index (χ4n) is 0.989. The van der Waals surface area contributed by atoms with Crippen LogP contribution in [0.3, 0.4) is 0 Å². The van der Waals surface area contributed by atoms with Crippen molar-refractivity contribution in [3.8, 4) is 12.3 Å². The first-order chi connectivity index (χ1) is 5.22. The van der Waals surface area contributed by atoms with Gasteiger partial charge in [0.15, 0.2) is 0 Å². The van der Waals surface area contributed by atoms with Crippen LogP contribution in [0.1, 0.15) is 17.2 Å². The summed E-state index contributed by atoms with van der Waals surface area (Å²) < 4.78 is 0. The van der Waals surface area contributed by atoms with Gasteiger partial charge in [0.2, 0.25) is 0 Å². The van der Waals surface area contributed by atoms with E-state index in [4.69, 9.17) is 6.42 Å². The monoisotopic (exact) mass is 146 g/mol. The van der Waals surface area contributed by atoms with Crippen LogP contribution in [-0.2, 0) is 6.42 Å². The second kappa shape index (κ2) is 3.16. The molecule has 11 heavy (non-hydrogen) atoms. The van der Waals surface area contributed by atoms with E-state index in [0.717, 1.165) is 17.2 Å². The second-order valence-corrected chi connectivity index (χ2v) is 2.43. The highest BCUT2D eigenvalue weighted by molar-refractivity contribution is 5.14. The SMILES string of the molecule is C#CCc1cc(C)nc(C)n1. The van der Waals surface area contributed by atoms with E-state index in [1.54, 1.807) is 0 Å². The Bertz CT molecular complexity index is 277. The van der Waals surface area contributed by atoms with Gasteiger partial charge in [-0.1, -0.05) is 0 Å². The van der Waals surface area contributed by atoms with Crippen molar-refractivity contribution >= 4 is 0 Å². The smallest absolute Gasteiger partial charge is 0.125 e. The molecule has 0 aliphatic rings. The van der Waals surface area contributed by atoms with Crippen molar-refractivity contribution in [3.05, 3.63) is 23.3 Å². The molecular weight excluding hydrogens is 136 g/mol. The molecule has 0 atom stereocenters. The lowest BCUT2D eigenvalue weighted by atomic mass is 10.2. The van der Waals surface area contributed by atoms with Gasteiger partial charge in [0.05, 0.1) is 12.1 Å². The van der Waals surface area contributed by atoms with Crippen LogP contribution < -0.4 is 0 Å². The number of hydrogen-bond donors (Lipinski definition) is 0. The number of aromatic nitrogens is 2. The van der Waals surface area contributed by atoms with Gasteiger partial charge >= 0.3 is 0 Å². The standard InChI is InChI=1S/C9H10N2/c1-4-5-9-6-7(2)10-8(3)11-9/h1,6H,5H2,2-3H3. The summed E-state index contributed by atoms with van der Waals surface area (Å²) in [5.41, 5.74) is 1.90. The minimum absolute atomic E-state index is 0.588. The molecule has 0 bridgehead atoms. The van der Waals surface area contributed by atoms with Gasteiger partial charge < -0.3 is 0 Å². The first kappa shape index (κ1) is 7.74. The Balaban J connectivity index is 3.01. The van der Waals surface area contributed by atoms with Crippen LogP contribution in [0.2, 0.25) is 0 Å². The zero-order valence-electron chi connectivity index (χ0n) is 6.76. The highest BCUT2D eigenvalue weighted by Gasteiger charge is 1.95. The van der Waals surface area contributed by atoms with Gasteiger partial charge in [-0.3, -0.25) is 0 Å².